The molecule has 0 saturated heterocycles. The Balaban J connectivity index is 1.70. The first-order chi connectivity index (χ1) is 17.2. The molecule has 4 atom stereocenters. The highest BCUT2D eigenvalue weighted by molar-refractivity contribution is 7.88. The molecule has 1 saturated carbocycles. The van der Waals surface area contributed by atoms with Crippen LogP contribution in [-0.2, 0) is 10.0 Å². The highest BCUT2D eigenvalue weighted by Gasteiger charge is 2.48. The van der Waals surface area contributed by atoms with Crippen LogP contribution in [0.3, 0.4) is 0 Å². The van der Waals surface area contributed by atoms with Crippen LogP contribution in [0, 0.1) is 19.8 Å². The maximum atomic E-state index is 11.3. The van der Waals surface area contributed by atoms with Crippen molar-refractivity contribution in [2.24, 2.45) is 5.92 Å². The van der Waals surface area contributed by atoms with Crippen molar-refractivity contribution in [3.05, 3.63) is 23.7 Å². The number of aryl methyl sites for hydroxylation is 2. The van der Waals surface area contributed by atoms with E-state index in [0.29, 0.717) is 28.5 Å². The standard InChI is InChI=1S/C23H33N7O5S2/c1-11-16(21-29-17-12(2)24-7-6-15(17)36-21)20(30-22(27-11)25-8-9-26-37(5,34)35)28-14-10-13(23(3,4)33)18(31)19(14)32/h6-7,13-14,18-19,26,31-33H,8-10H2,1-5H3,(H2,25,27,28,30)/t13-,14+,18+,19-/m0/s1. The molecule has 0 bridgehead atoms. The van der Waals surface area contributed by atoms with Crippen LogP contribution in [0.2, 0.25) is 0 Å². The fraction of sp³-hybridized carbons (Fsp3) is 0.565. The number of hydrogen-bond acceptors (Lipinski definition) is 12. The molecular weight excluding hydrogens is 518 g/mol. The van der Waals surface area contributed by atoms with Crippen LogP contribution in [0.4, 0.5) is 11.8 Å². The van der Waals surface area contributed by atoms with Crippen molar-refractivity contribution < 1.29 is 23.7 Å². The summed E-state index contributed by atoms with van der Waals surface area (Å²) in [7, 11) is -3.33. The first-order valence-corrected chi connectivity index (χ1v) is 14.6. The second-order valence-electron chi connectivity index (χ2n) is 9.94. The van der Waals surface area contributed by atoms with Crippen LogP contribution in [0.15, 0.2) is 12.3 Å². The summed E-state index contributed by atoms with van der Waals surface area (Å²) >= 11 is 1.47. The van der Waals surface area contributed by atoms with Gasteiger partial charge in [-0.3, -0.25) is 4.98 Å². The zero-order chi connectivity index (χ0) is 27.1. The van der Waals surface area contributed by atoms with E-state index in [1.54, 1.807) is 20.0 Å². The molecule has 0 aromatic carbocycles. The third kappa shape index (κ3) is 6.16. The first-order valence-electron chi connectivity index (χ1n) is 11.9. The lowest BCUT2D eigenvalue weighted by molar-refractivity contribution is -0.0601. The van der Waals surface area contributed by atoms with Gasteiger partial charge in [0.2, 0.25) is 16.0 Å². The third-order valence-corrected chi connectivity index (χ3v) is 8.24. The molecule has 0 unspecified atom stereocenters. The lowest BCUT2D eigenvalue weighted by Crippen LogP contribution is -2.40. The number of thiazole rings is 1. The SMILES string of the molecule is Cc1nc(NCCNS(C)(=O)=O)nc(N[C@@H]2C[C@H](C(C)(C)O)[C@@H](O)[C@H]2O)c1-c1nc2c(C)nccc2s1. The zero-order valence-corrected chi connectivity index (χ0v) is 23.0. The molecule has 3 heterocycles. The summed E-state index contributed by atoms with van der Waals surface area (Å²) in [5.74, 6) is 0.135. The minimum Gasteiger partial charge on any atom is -0.390 e. The van der Waals surface area contributed by atoms with E-state index in [0.717, 1.165) is 22.2 Å². The average Bonchev–Trinajstić information content (AvgIpc) is 3.33. The van der Waals surface area contributed by atoms with E-state index in [1.165, 1.54) is 11.3 Å². The Bertz CT molecular complexity index is 1390. The molecule has 0 radical (unpaired) electrons. The van der Waals surface area contributed by atoms with Gasteiger partial charge in [-0.1, -0.05) is 0 Å². The number of aliphatic hydroxyl groups excluding tert-OH is 2. The van der Waals surface area contributed by atoms with Crippen LogP contribution >= 0.6 is 11.3 Å². The van der Waals surface area contributed by atoms with Crippen LogP contribution < -0.4 is 15.4 Å². The van der Waals surface area contributed by atoms with E-state index in [1.807, 2.05) is 19.9 Å². The number of hydrogen-bond donors (Lipinski definition) is 6. The number of anilines is 2. The first kappa shape index (κ1) is 27.5. The van der Waals surface area contributed by atoms with E-state index in [-0.39, 0.29) is 19.0 Å². The molecule has 37 heavy (non-hydrogen) atoms. The van der Waals surface area contributed by atoms with Gasteiger partial charge < -0.3 is 26.0 Å². The molecule has 0 aliphatic heterocycles. The van der Waals surface area contributed by atoms with Gasteiger partial charge in [0.05, 0.1) is 45.7 Å². The topological polar surface area (TPSA) is 182 Å². The zero-order valence-electron chi connectivity index (χ0n) is 21.3. The largest absolute Gasteiger partial charge is 0.390 e. The van der Waals surface area contributed by atoms with E-state index < -0.39 is 39.8 Å². The molecule has 12 nitrogen and oxygen atoms in total. The van der Waals surface area contributed by atoms with Gasteiger partial charge in [0.25, 0.3) is 0 Å². The van der Waals surface area contributed by atoms with E-state index in [2.05, 4.69) is 30.3 Å². The summed E-state index contributed by atoms with van der Waals surface area (Å²) in [5, 5.41) is 38.8. The van der Waals surface area contributed by atoms with Gasteiger partial charge in [-0.05, 0) is 40.2 Å². The van der Waals surface area contributed by atoms with Crippen LogP contribution in [0.5, 0.6) is 0 Å². The Morgan fingerprint density at radius 2 is 1.84 bits per heavy atom. The quantitative estimate of drug-likeness (QED) is 0.209. The van der Waals surface area contributed by atoms with Gasteiger partial charge >= 0.3 is 0 Å². The number of aliphatic hydroxyl groups is 3. The smallest absolute Gasteiger partial charge is 0.224 e. The number of fused-ring (bicyclic) bond motifs is 1. The highest BCUT2D eigenvalue weighted by atomic mass is 32.2. The molecule has 1 aliphatic carbocycles. The van der Waals surface area contributed by atoms with Gasteiger partial charge in [-0.2, -0.15) is 4.98 Å². The lowest BCUT2D eigenvalue weighted by atomic mass is 9.88. The number of nitrogens with one attached hydrogen (secondary N) is 3. The summed E-state index contributed by atoms with van der Waals surface area (Å²) in [6, 6.07) is 1.31. The minimum absolute atomic E-state index is 0.149. The fourth-order valence-corrected chi connectivity index (χ4v) is 6.15. The van der Waals surface area contributed by atoms with E-state index >= 15 is 0 Å². The summed E-state index contributed by atoms with van der Waals surface area (Å²) in [5.41, 5.74) is 1.66. The third-order valence-electron chi connectivity index (χ3n) is 6.48. The van der Waals surface area contributed by atoms with Crippen molar-refractivity contribution in [2.45, 2.75) is 58.0 Å². The van der Waals surface area contributed by atoms with Crippen molar-refractivity contribution in [1.82, 2.24) is 24.7 Å². The molecular formula is C23H33N7O5S2. The predicted molar refractivity (Wildman–Crippen MR) is 143 cm³/mol. The summed E-state index contributed by atoms with van der Waals surface area (Å²) < 4.78 is 26.1. The summed E-state index contributed by atoms with van der Waals surface area (Å²) in [6.07, 6.45) is 0.893. The number of nitrogens with zero attached hydrogens (tertiary/aromatic N) is 4. The van der Waals surface area contributed by atoms with Crippen molar-refractivity contribution in [1.29, 1.82) is 0 Å². The molecule has 202 valence electrons. The second-order valence-corrected chi connectivity index (χ2v) is 12.8. The number of sulfonamides is 1. The Labute approximate surface area is 219 Å². The monoisotopic (exact) mass is 551 g/mol. The Morgan fingerprint density at radius 1 is 1.11 bits per heavy atom. The van der Waals surface area contributed by atoms with Crippen molar-refractivity contribution in [2.75, 3.05) is 30.0 Å². The number of pyridine rings is 1. The molecule has 1 aliphatic rings. The Hall–Kier alpha value is -2.49. The van der Waals surface area contributed by atoms with E-state index in [9.17, 15) is 23.7 Å². The molecule has 4 rings (SSSR count). The van der Waals surface area contributed by atoms with E-state index in [4.69, 9.17) is 4.98 Å². The van der Waals surface area contributed by atoms with Gasteiger partial charge in [0.1, 0.15) is 22.4 Å². The lowest BCUT2D eigenvalue weighted by Gasteiger charge is -2.28. The molecule has 14 heteroatoms. The molecule has 3 aromatic rings. The van der Waals surface area contributed by atoms with Crippen LogP contribution in [0.1, 0.15) is 31.7 Å². The molecule has 6 N–H and O–H groups in total. The van der Waals surface area contributed by atoms with Crippen LogP contribution in [0.25, 0.3) is 20.8 Å². The Kier molecular flexibility index (Phi) is 7.70. The van der Waals surface area contributed by atoms with Gasteiger partial charge in [-0.25, -0.2) is 23.1 Å². The fourth-order valence-electron chi connectivity index (χ4n) is 4.57. The van der Waals surface area contributed by atoms with Crippen molar-refractivity contribution in [3.8, 4) is 10.6 Å². The maximum Gasteiger partial charge on any atom is 0.224 e. The number of rotatable bonds is 9. The minimum atomic E-state index is -3.33. The number of aromatic nitrogens is 4. The van der Waals surface area contributed by atoms with Crippen LogP contribution in [-0.4, -0.2) is 86.9 Å². The molecule has 1 fully saturated rings. The van der Waals surface area contributed by atoms with Crippen molar-refractivity contribution in [3.63, 3.8) is 0 Å². The highest BCUT2D eigenvalue weighted by Crippen LogP contribution is 2.40. The average molecular weight is 552 g/mol. The summed E-state index contributed by atoms with van der Waals surface area (Å²) in [6.45, 7) is 7.33. The summed E-state index contributed by atoms with van der Waals surface area (Å²) in [4.78, 5) is 18.3. The van der Waals surface area contributed by atoms with Gasteiger partial charge in [0.15, 0.2) is 0 Å². The second kappa shape index (κ2) is 10.3. The molecule has 0 amide bonds. The van der Waals surface area contributed by atoms with Gasteiger partial charge in [0, 0.05) is 25.2 Å². The maximum absolute atomic E-state index is 11.3. The normalized spacial score (nSPS) is 22.5. The predicted octanol–water partition coefficient (Wildman–Crippen LogP) is 1.02. The van der Waals surface area contributed by atoms with Crippen molar-refractivity contribution >= 4 is 43.3 Å². The van der Waals surface area contributed by atoms with Gasteiger partial charge in [-0.15, -0.1) is 11.3 Å². The Morgan fingerprint density at radius 3 is 2.46 bits per heavy atom. The molecule has 3 aromatic heterocycles. The molecule has 0 spiro atoms.